The number of likely N-dealkylation sites (tertiary alicyclic amines) is 1. The summed E-state index contributed by atoms with van der Waals surface area (Å²) in [6.45, 7) is 5.26. The maximum absolute atomic E-state index is 14.0. The topological polar surface area (TPSA) is 88.6 Å². The van der Waals surface area contributed by atoms with Crippen LogP contribution in [0.1, 0.15) is 63.6 Å². The van der Waals surface area contributed by atoms with Crippen LogP contribution < -0.4 is 5.32 Å². The van der Waals surface area contributed by atoms with E-state index in [0.717, 1.165) is 28.3 Å². The summed E-state index contributed by atoms with van der Waals surface area (Å²) in [5, 5.41) is 2.92. The number of hydrogen-bond acceptors (Lipinski definition) is 7. The summed E-state index contributed by atoms with van der Waals surface area (Å²) in [7, 11) is -3.29. The van der Waals surface area contributed by atoms with Gasteiger partial charge in [0.1, 0.15) is 5.60 Å². The van der Waals surface area contributed by atoms with Gasteiger partial charge in [-0.3, -0.25) is 9.69 Å². The molecule has 2 aliphatic rings. The molecule has 2 aliphatic heterocycles. The third-order valence-electron chi connectivity index (χ3n) is 7.73. The highest BCUT2D eigenvalue weighted by Crippen LogP contribution is 2.47. The number of amides is 1. The zero-order valence-electron chi connectivity index (χ0n) is 23.1. The number of sulfone groups is 1. The first-order valence-corrected chi connectivity index (χ1v) is 16.1. The van der Waals surface area contributed by atoms with E-state index in [-0.39, 0.29) is 35.7 Å². The molecule has 2 aromatic heterocycles. The van der Waals surface area contributed by atoms with Gasteiger partial charge in [-0.2, -0.15) is 13.2 Å². The van der Waals surface area contributed by atoms with E-state index in [9.17, 15) is 30.8 Å². The number of carbonyl (C=O) groups is 1. The quantitative estimate of drug-likeness (QED) is 0.350. The molecule has 1 spiro atoms. The van der Waals surface area contributed by atoms with Crippen LogP contribution in [0.25, 0.3) is 0 Å². The van der Waals surface area contributed by atoms with Gasteiger partial charge in [-0.1, -0.05) is 19.1 Å². The Labute approximate surface area is 245 Å². The molecule has 1 N–H and O–H groups in total. The molecular weight excluding hydrogens is 594 g/mol. The fraction of sp³-hybridized carbons (Fsp3) is 0.448. The van der Waals surface area contributed by atoms with E-state index < -0.39 is 33.1 Å². The first-order chi connectivity index (χ1) is 19.8. The molecule has 0 radical (unpaired) electrons. The number of aromatic nitrogens is 1. The molecule has 226 valence electrons. The van der Waals surface area contributed by atoms with Gasteiger partial charge in [0.25, 0.3) is 5.91 Å². The Kier molecular flexibility index (Phi) is 8.49. The summed E-state index contributed by atoms with van der Waals surface area (Å²) >= 11 is 1.40. The first kappa shape index (κ1) is 30.6. The summed E-state index contributed by atoms with van der Waals surface area (Å²) < 4.78 is 83.1. The van der Waals surface area contributed by atoms with E-state index in [1.165, 1.54) is 11.3 Å². The number of ether oxygens (including phenoxy) is 1. The SMILES string of the molecule is CCS(=O)(=O)c1ccc(CNC(=O)c2cc3c(s2)C2(CCN(Cc4cnc(C(F)(F)F)c(F)c4)CC2)O[C@@H](C)C3)cc1. The molecule has 0 aliphatic carbocycles. The van der Waals surface area contributed by atoms with Crippen molar-refractivity contribution in [3.05, 3.63) is 80.6 Å². The predicted octanol–water partition coefficient (Wildman–Crippen LogP) is 5.48. The number of benzene rings is 1. The first-order valence-electron chi connectivity index (χ1n) is 13.6. The highest BCUT2D eigenvalue weighted by atomic mass is 32.2. The number of fused-ring (bicyclic) bond motifs is 2. The van der Waals surface area contributed by atoms with Gasteiger partial charge in [-0.15, -0.1) is 11.3 Å². The van der Waals surface area contributed by atoms with Crippen molar-refractivity contribution in [1.29, 1.82) is 0 Å². The van der Waals surface area contributed by atoms with Crippen molar-refractivity contribution in [2.45, 2.75) is 69.0 Å². The lowest BCUT2D eigenvalue weighted by molar-refractivity contribution is -0.143. The second-order valence-corrected chi connectivity index (χ2v) is 14.1. The molecule has 1 aromatic carbocycles. The van der Waals surface area contributed by atoms with E-state index >= 15 is 0 Å². The van der Waals surface area contributed by atoms with Gasteiger partial charge in [0.15, 0.2) is 21.3 Å². The standard InChI is InChI=1S/C29H31F4N3O4S2/c1-3-42(38,39)22-6-4-19(5-7-22)15-35-27(37)24-14-21-12-18(2)40-28(26(21)41-24)8-10-36(11-9-28)17-20-13-23(30)25(34-16-20)29(31,32)33/h4-7,13-14,16,18H,3,8-12,15,17H2,1-2H3,(H,35,37)/t18-/m0/s1. The normalized spacial score (nSPS) is 19.0. The van der Waals surface area contributed by atoms with Crippen molar-refractivity contribution in [3.63, 3.8) is 0 Å². The van der Waals surface area contributed by atoms with Crippen molar-refractivity contribution >= 4 is 27.1 Å². The third-order valence-corrected chi connectivity index (χ3v) is 10.8. The van der Waals surface area contributed by atoms with E-state index in [1.807, 2.05) is 17.9 Å². The van der Waals surface area contributed by atoms with Crippen LogP contribution in [0, 0.1) is 5.82 Å². The second-order valence-electron chi connectivity index (χ2n) is 10.8. The van der Waals surface area contributed by atoms with Gasteiger partial charge in [0, 0.05) is 37.3 Å². The van der Waals surface area contributed by atoms with E-state index in [4.69, 9.17) is 4.74 Å². The Morgan fingerprint density at radius 2 is 1.86 bits per heavy atom. The molecule has 1 saturated heterocycles. The lowest BCUT2D eigenvalue weighted by atomic mass is 9.84. The highest BCUT2D eigenvalue weighted by Gasteiger charge is 2.45. The molecule has 1 fully saturated rings. The summed E-state index contributed by atoms with van der Waals surface area (Å²) in [5.74, 6) is -1.59. The molecule has 42 heavy (non-hydrogen) atoms. The van der Waals surface area contributed by atoms with Crippen LogP contribution in [-0.4, -0.2) is 49.2 Å². The summed E-state index contributed by atoms with van der Waals surface area (Å²) in [6, 6.07) is 9.28. The minimum absolute atomic E-state index is 0.0184. The maximum atomic E-state index is 14.0. The number of alkyl halides is 3. The number of piperidine rings is 1. The number of thiophene rings is 1. The van der Waals surface area contributed by atoms with Crippen molar-refractivity contribution in [2.24, 2.45) is 0 Å². The highest BCUT2D eigenvalue weighted by molar-refractivity contribution is 7.91. The van der Waals surface area contributed by atoms with Gasteiger partial charge in [0.2, 0.25) is 0 Å². The molecular formula is C29H31F4N3O4S2. The molecule has 0 saturated carbocycles. The summed E-state index contributed by atoms with van der Waals surface area (Å²) in [4.78, 5) is 20.2. The van der Waals surface area contributed by atoms with Crippen molar-refractivity contribution < 1.29 is 35.5 Å². The van der Waals surface area contributed by atoms with E-state index in [1.54, 1.807) is 31.2 Å². The third kappa shape index (κ3) is 6.38. The monoisotopic (exact) mass is 625 g/mol. The molecule has 0 bridgehead atoms. The van der Waals surface area contributed by atoms with Crippen LogP contribution in [0.3, 0.4) is 0 Å². The minimum Gasteiger partial charge on any atom is -0.366 e. The molecule has 0 unspecified atom stereocenters. The lowest BCUT2D eigenvalue weighted by Gasteiger charge is -2.45. The number of hydrogen-bond donors (Lipinski definition) is 1. The number of carbonyl (C=O) groups excluding carboxylic acids is 1. The Hall–Kier alpha value is -2.87. The van der Waals surface area contributed by atoms with Crippen molar-refractivity contribution in [3.8, 4) is 0 Å². The minimum atomic E-state index is -4.84. The smallest absolute Gasteiger partial charge is 0.366 e. The van der Waals surface area contributed by atoms with Crippen molar-refractivity contribution in [1.82, 2.24) is 15.2 Å². The average Bonchev–Trinajstić information content (AvgIpc) is 3.38. The summed E-state index contributed by atoms with van der Waals surface area (Å²) in [6.07, 6.45) is -1.91. The zero-order valence-corrected chi connectivity index (χ0v) is 24.8. The Morgan fingerprint density at radius 3 is 2.48 bits per heavy atom. The van der Waals surface area contributed by atoms with Crippen LogP contribution in [0.4, 0.5) is 17.6 Å². The average molecular weight is 626 g/mol. The van der Waals surface area contributed by atoms with Gasteiger partial charge < -0.3 is 10.1 Å². The number of rotatable bonds is 7. The molecule has 13 heteroatoms. The number of halogens is 4. The molecule has 1 amide bonds. The molecule has 5 rings (SSSR count). The zero-order chi connectivity index (χ0) is 30.3. The van der Waals surface area contributed by atoms with Gasteiger partial charge >= 0.3 is 6.18 Å². The largest absolute Gasteiger partial charge is 0.436 e. The maximum Gasteiger partial charge on any atom is 0.436 e. The lowest BCUT2D eigenvalue weighted by Crippen LogP contribution is -2.47. The fourth-order valence-corrected chi connectivity index (χ4v) is 7.75. The molecule has 4 heterocycles. The van der Waals surface area contributed by atoms with Crippen LogP contribution in [0.5, 0.6) is 0 Å². The van der Waals surface area contributed by atoms with E-state index in [0.29, 0.717) is 42.8 Å². The van der Waals surface area contributed by atoms with Gasteiger partial charge in [-0.25, -0.2) is 17.8 Å². The predicted molar refractivity (Wildman–Crippen MR) is 149 cm³/mol. The van der Waals surface area contributed by atoms with Gasteiger partial charge in [-0.05, 0) is 67.1 Å². The Balaban J connectivity index is 1.24. The Bertz CT molecular complexity index is 1560. The Morgan fingerprint density at radius 1 is 1.17 bits per heavy atom. The number of pyridine rings is 1. The van der Waals surface area contributed by atoms with Crippen molar-refractivity contribution in [2.75, 3.05) is 18.8 Å². The molecule has 1 atom stereocenters. The molecule has 7 nitrogen and oxygen atoms in total. The van der Waals surface area contributed by atoms with Gasteiger partial charge in [0.05, 0.1) is 21.6 Å². The fourth-order valence-electron chi connectivity index (χ4n) is 5.57. The van der Waals surface area contributed by atoms with Crippen LogP contribution in [-0.2, 0) is 45.9 Å². The molecule has 3 aromatic rings. The second kappa shape index (κ2) is 11.7. The van der Waals surface area contributed by atoms with Crippen LogP contribution >= 0.6 is 11.3 Å². The van der Waals surface area contributed by atoms with Crippen LogP contribution in [0.2, 0.25) is 0 Å². The number of nitrogens with one attached hydrogen (secondary N) is 1. The summed E-state index contributed by atoms with van der Waals surface area (Å²) in [5.41, 5.74) is 0.131. The van der Waals surface area contributed by atoms with E-state index in [2.05, 4.69) is 10.3 Å². The number of nitrogens with zero attached hydrogens (tertiary/aromatic N) is 2. The van der Waals surface area contributed by atoms with Crippen LogP contribution in [0.15, 0.2) is 47.5 Å².